The largest absolute Gasteiger partial charge is 0.357 e. The van der Waals surface area contributed by atoms with E-state index in [2.05, 4.69) is 4.98 Å². The van der Waals surface area contributed by atoms with Gasteiger partial charge in [-0.25, -0.2) is 9.18 Å². The first-order chi connectivity index (χ1) is 9.49. The zero-order chi connectivity index (χ0) is 14.7. The summed E-state index contributed by atoms with van der Waals surface area (Å²) in [7, 11) is 0. The molecule has 0 aliphatic carbocycles. The molecule has 1 aromatic carbocycles. The van der Waals surface area contributed by atoms with Crippen LogP contribution in [0.5, 0.6) is 0 Å². The number of aromatic nitrogens is 2. The van der Waals surface area contributed by atoms with Gasteiger partial charge in [-0.1, -0.05) is 18.2 Å². The van der Waals surface area contributed by atoms with Gasteiger partial charge in [-0.3, -0.25) is 19.9 Å². The monoisotopic (exact) mass is 277 g/mol. The van der Waals surface area contributed by atoms with Gasteiger partial charge in [-0.05, 0) is 18.2 Å². The van der Waals surface area contributed by atoms with E-state index in [1.54, 1.807) is 11.1 Å². The summed E-state index contributed by atoms with van der Waals surface area (Å²) >= 11 is 0. The van der Waals surface area contributed by atoms with Gasteiger partial charge in [-0.15, -0.1) is 0 Å². The second kappa shape index (κ2) is 5.31. The molecule has 2 aromatic rings. The van der Waals surface area contributed by atoms with E-state index >= 15 is 0 Å². The summed E-state index contributed by atoms with van der Waals surface area (Å²) in [6.07, 6.45) is 2.33. The van der Waals surface area contributed by atoms with Crippen molar-refractivity contribution in [2.45, 2.75) is 0 Å². The van der Waals surface area contributed by atoms with Gasteiger partial charge < -0.3 is 4.98 Å². The average Bonchev–Trinajstić information content (AvgIpc) is 2.36. The van der Waals surface area contributed by atoms with Crippen molar-refractivity contribution in [3.05, 3.63) is 72.3 Å². The maximum atomic E-state index is 13.4. The van der Waals surface area contributed by atoms with E-state index in [-0.39, 0.29) is 11.3 Å². The van der Waals surface area contributed by atoms with Gasteiger partial charge in [0.25, 0.3) is 0 Å². The molecule has 0 saturated heterocycles. The standard InChI is InChI=1S/C12H8FN3O4/c13-8-4-2-1-3-7(8)5-6-9-10(16(19)20)11(17)15-12(18)14-9/h1-6H,(H2,14,15,17,18)/b6-5-. The summed E-state index contributed by atoms with van der Waals surface area (Å²) in [5.41, 5.74) is -2.94. The molecule has 20 heavy (non-hydrogen) atoms. The Labute approximate surface area is 110 Å². The van der Waals surface area contributed by atoms with Gasteiger partial charge in [-0.2, -0.15) is 0 Å². The Morgan fingerprint density at radius 1 is 1.15 bits per heavy atom. The molecule has 0 radical (unpaired) electrons. The highest BCUT2D eigenvalue weighted by atomic mass is 19.1. The minimum absolute atomic E-state index is 0.169. The van der Waals surface area contributed by atoms with Crippen LogP contribution in [-0.4, -0.2) is 14.9 Å². The topological polar surface area (TPSA) is 109 Å². The van der Waals surface area contributed by atoms with Crippen molar-refractivity contribution >= 4 is 17.8 Å². The second-order valence-electron chi connectivity index (χ2n) is 3.78. The van der Waals surface area contributed by atoms with Crippen LogP contribution in [0.3, 0.4) is 0 Å². The molecule has 2 rings (SSSR count). The molecular weight excluding hydrogens is 269 g/mol. The van der Waals surface area contributed by atoms with E-state index in [4.69, 9.17) is 0 Å². The SMILES string of the molecule is O=c1[nH]c(/C=C\c2ccccc2F)c([N+](=O)[O-])c(=O)[nH]1. The van der Waals surface area contributed by atoms with Gasteiger partial charge in [0.05, 0.1) is 4.92 Å². The number of rotatable bonds is 3. The number of benzene rings is 1. The van der Waals surface area contributed by atoms with E-state index in [1.165, 1.54) is 24.3 Å². The van der Waals surface area contributed by atoms with Crippen LogP contribution in [0.4, 0.5) is 10.1 Å². The van der Waals surface area contributed by atoms with E-state index in [0.29, 0.717) is 0 Å². The van der Waals surface area contributed by atoms with Crippen LogP contribution < -0.4 is 11.2 Å². The lowest BCUT2D eigenvalue weighted by molar-refractivity contribution is -0.386. The number of nitrogens with one attached hydrogen (secondary N) is 2. The number of hydrogen-bond donors (Lipinski definition) is 2. The zero-order valence-corrected chi connectivity index (χ0v) is 9.92. The van der Waals surface area contributed by atoms with Gasteiger partial charge in [0.2, 0.25) is 0 Å². The van der Waals surface area contributed by atoms with Gasteiger partial charge >= 0.3 is 16.9 Å². The molecule has 2 N–H and O–H groups in total. The predicted molar refractivity (Wildman–Crippen MR) is 69.7 cm³/mol. The van der Waals surface area contributed by atoms with Gasteiger partial charge in [0.15, 0.2) is 0 Å². The van der Waals surface area contributed by atoms with Crippen LogP contribution in [0.1, 0.15) is 11.3 Å². The van der Waals surface area contributed by atoms with Crippen molar-refractivity contribution in [3.8, 4) is 0 Å². The first-order valence-corrected chi connectivity index (χ1v) is 5.42. The van der Waals surface area contributed by atoms with Gasteiger partial charge in [0.1, 0.15) is 11.5 Å². The van der Waals surface area contributed by atoms with Crippen molar-refractivity contribution in [1.29, 1.82) is 0 Å². The fourth-order valence-electron chi connectivity index (χ4n) is 1.58. The van der Waals surface area contributed by atoms with E-state index in [1.807, 2.05) is 0 Å². The summed E-state index contributed by atoms with van der Waals surface area (Å²) in [5, 5.41) is 10.8. The van der Waals surface area contributed by atoms with E-state index in [9.17, 15) is 24.1 Å². The quantitative estimate of drug-likeness (QED) is 0.650. The molecule has 0 aliphatic rings. The highest BCUT2D eigenvalue weighted by molar-refractivity contribution is 5.71. The van der Waals surface area contributed by atoms with Crippen LogP contribution in [-0.2, 0) is 0 Å². The number of nitrogens with zero attached hydrogens (tertiary/aromatic N) is 1. The van der Waals surface area contributed by atoms with Crippen LogP contribution in [0.15, 0.2) is 33.9 Å². The van der Waals surface area contributed by atoms with E-state index < -0.39 is 27.7 Å². The van der Waals surface area contributed by atoms with Crippen molar-refractivity contribution in [2.24, 2.45) is 0 Å². The number of H-pyrrole nitrogens is 2. The highest BCUT2D eigenvalue weighted by Gasteiger charge is 2.18. The predicted octanol–water partition coefficient (Wildman–Crippen LogP) is 1.28. The molecule has 0 bridgehead atoms. The summed E-state index contributed by atoms with van der Waals surface area (Å²) in [4.78, 5) is 36.2. The molecule has 8 heteroatoms. The molecule has 0 spiro atoms. The van der Waals surface area contributed by atoms with Crippen molar-refractivity contribution in [1.82, 2.24) is 9.97 Å². The van der Waals surface area contributed by atoms with Crippen LogP contribution in [0.25, 0.3) is 12.2 Å². The Morgan fingerprint density at radius 3 is 2.50 bits per heavy atom. The fraction of sp³-hybridized carbons (Fsp3) is 0. The molecule has 0 atom stereocenters. The van der Waals surface area contributed by atoms with Crippen LogP contribution in [0, 0.1) is 15.9 Å². The van der Waals surface area contributed by atoms with Crippen LogP contribution >= 0.6 is 0 Å². The number of hydrogen-bond acceptors (Lipinski definition) is 4. The van der Waals surface area contributed by atoms with Crippen molar-refractivity contribution in [2.75, 3.05) is 0 Å². The van der Waals surface area contributed by atoms with E-state index in [0.717, 1.165) is 6.08 Å². The number of aromatic amines is 2. The highest BCUT2D eigenvalue weighted by Crippen LogP contribution is 2.14. The fourth-order valence-corrected chi connectivity index (χ4v) is 1.58. The Balaban J connectivity index is 2.54. The maximum absolute atomic E-state index is 13.4. The lowest BCUT2D eigenvalue weighted by Gasteiger charge is -1.97. The maximum Gasteiger partial charge on any atom is 0.357 e. The third kappa shape index (κ3) is 2.69. The first-order valence-electron chi connectivity index (χ1n) is 5.42. The average molecular weight is 277 g/mol. The summed E-state index contributed by atoms with van der Waals surface area (Å²) in [6.45, 7) is 0. The minimum atomic E-state index is -1.12. The summed E-state index contributed by atoms with van der Waals surface area (Å²) in [5.74, 6) is -0.529. The summed E-state index contributed by atoms with van der Waals surface area (Å²) < 4.78 is 13.4. The molecule has 0 unspecified atom stereocenters. The normalized spacial score (nSPS) is 10.8. The molecule has 0 aliphatic heterocycles. The molecular formula is C12H8FN3O4. The smallest absolute Gasteiger partial charge is 0.301 e. The lowest BCUT2D eigenvalue weighted by Crippen LogP contribution is -2.25. The molecule has 0 amide bonds. The third-order valence-electron chi connectivity index (χ3n) is 2.46. The Hall–Kier alpha value is -3.03. The molecule has 0 saturated carbocycles. The second-order valence-corrected chi connectivity index (χ2v) is 3.78. The molecule has 1 aromatic heterocycles. The Morgan fingerprint density at radius 2 is 1.85 bits per heavy atom. The van der Waals surface area contributed by atoms with Gasteiger partial charge in [0, 0.05) is 5.56 Å². The lowest BCUT2D eigenvalue weighted by atomic mass is 10.2. The number of nitro groups is 1. The summed E-state index contributed by atoms with van der Waals surface area (Å²) in [6, 6.07) is 5.74. The molecule has 7 nitrogen and oxygen atoms in total. The molecule has 102 valence electrons. The zero-order valence-electron chi connectivity index (χ0n) is 9.92. The molecule has 0 fully saturated rings. The Kier molecular flexibility index (Phi) is 3.56. The molecule has 1 heterocycles. The minimum Gasteiger partial charge on any atom is -0.301 e. The Bertz CT molecular complexity index is 807. The van der Waals surface area contributed by atoms with Crippen LogP contribution in [0.2, 0.25) is 0 Å². The third-order valence-corrected chi connectivity index (χ3v) is 2.46. The first kappa shape index (κ1) is 13.4. The number of halogens is 1. The van der Waals surface area contributed by atoms with Crippen molar-refractivity contribution in [3.63, 3.8) is 0 Å². The van der Waals surface area contributed by atoms with Crippen molar-refractivity contribution < 1.29 is 9.31 Å².